The number of rotatable bonds is 5. The highest BCUT2D eigenvalue weighted by Crippen LogP contribution is 2.41. The van der Waals surface area contributed by atoms with E-state index in [4.69, 9.17) is 0 Å². The van der Waals surface area contributed by atoms with Crippen molar-refractivity contribution < 1.29 is 0 Å². The smallest absolute Gasteiger partial charge is 0.0398 e. The zero-order valence-corrected chi connectivity index (χ0v) is 12.2. The normalized spacial score (nSPS) is 19.3. The zero-order valence-electron chi connectivity index (χ0n) is 11.4. The van der Waals surface area contributed by atoms with Crippen molar-refractivity contribution in [3.8, 4) is 0 Å². The van der Waals surface area contributed by atoms with Crippen molar-refractivity contribution in [2.24, 2.45) is 0 Å². The van der Waals surface area contributed by atoms with Crippen molar-refractivity contribution >= 4 is 11.3 Å². The van der Waals surface area contributed by atoms with E-state index in [1.807, 2.05) is 0 Å². The molecule has 0 radical (unpaired) electrons. The molecule has 1 nitrogen and oxygen atoms in total. The van der Waals surface area contributed by atoms with E-state index in [2.05, 4.69) is 53.3 Å². The summed E-state index contributed by atoms with van der Waals surface area (Å²) in [5, 5.41) is 8.25. The van der Waals surface area contributed by atoms with Gasteiger partial charge in [-0.25, -0.2) is 0 Å². The number of fused-ring (bicyclic) bond motifs is 1. The van der Waals surface area contributed by atoms with Crippen molar-refractivity contribution in [1.82, 2.24) is 5.32 Å². The third-order valence-electron chi connectivity index (χ3n) is 4.10. The summed E-state index contributed by atoms with van der Waals surface area (Å²) in [6, 6.07) is 11.7. The Morgan fingerprint density at radius 1 is 1.32 bits per heavy atom. The summed E-state index contributed by atoms with van der Waals surface area (Å²) in [6.07, 6.45) is 3.70. The maximum absolute atomic E-state index is 3.76. The van der Waals surface area contributed by atoms with Crippen LogP contribution in [0.4, 0.5) is 0 Å². The molecule has 2 aromatic rings. The van der Waals surface area contributed by atoms with Crippen LogP contribution in [0.25, 0.3) is 0 Å². The van der Waals surface area contributed by atoms with E-state index in [1.165, 1.54) is 24.8 Å². The first kappa shape index (κ1) is 12.9. The van der Waals surface area contributed by atoms with E-state index in [0.29, 0.717) is 12.0 Å². The van der Waals surface area contributed by atoms with Gasteiger partial charge in [0, 0.05) is 12.0 Å². The molecule has 2 heteroatoms. The average Bonchev–Trinajstić information content (AvgIpc) is 3.09. The second-order valence-electron chi connectivity index (χ2n) is 5.33. The molecule has 19 heavy (non-hydrogen) atoms. The van der Waals surface area contributed by atoms with Crippen LogP contribution in [-0.2, 0) is 6.42 Å². The summed E-state index contributed by atoms with van der Waals surface area (Å²) in [7, 11) is 0. The molecule has 100 valence electrons. The van der Waals surface area contributed by atoms with E-state index in [1.54, 1.807) is 22.5 Å². The molecule has 2 atom stereocenters. The first-order chi connectivity index (χ1) is 9.40. The van der Waals surface area contributed by atoms with Crippen molar-refractivity contribution in [1.29, 1.82) is 0 Å². The minimum absolute atomic E-state index is 0.481. The molecule has 0 bridgehead atoms. The summed E-state index contributed by atoms with van der Waals surface area (Å²) >= 11 is 1.80. The van der Waals surface area contributed by atoms with Crippen molar-refractivity contribution in [2.45, 2.75) is 38.1 Å². The van der Waals surface area contributed by atoms with Crippen molar-refractivity contribution in [3.63, 3.8) is 0 Å². The van der Waals surface area contributed by atoms with Crippen LogP contribution in [0, 0.1) is 0 Å². The molecule has 2 unspecified atom stereocenters. The van der Waals surface area contributed by atoms with Crippen LogP contribution < -0.4 is 5.32 Å². The molecule has 0 spiro atoms. The molecule has 0 saturated heterocycles. The van der Waals surface area contributed by atoms with E-state index < -0.39 is 0 Å². The van der Waals surface area contributed by atoms with Gasteiger partial charge in [0.05, 0.1) is 0 Å². The standard InChI is InChI=1S/C17H21NS/c1-2-10-18-17(14-9-11-19-12-14)16-8-7-13-5-3-4-6-15(13)16/h3-6,9,11-12,16-18H,2,7-8,10H2,1H3. The minimum atomic E-state index is 0.481. The predicted octanol–water partition coefficient (Wildman–Crippen LogP) is 4.52. The Hall–Kier alpha value is -1.12. The second kappa shape index (κ2) is 5.89. The quantitative estimate of drug-likeness (QED) is 0.843. The molecule has 3 rings (SSSR count). The Morgan fingerprint density at radius 3 is 3.00 bits per heavy atom. The van der Waals surface area contributed by atoms with Crippen LogP contribution in [0.2, 0.25) is 0 Å². The van der Waals surface area contributed by atoms with Crippen LogP contribution in [0.3, 0.4) is 0 Å². The van der Waals surface area contributed by atoms with Gasteiger partial charge in [0.15, 0.2) is 0 Å². The van der Waals surface area contributed by atoms with E-state index in [-0.39, 0.29) is 0 Å². The van der Waals surface area contributed by atoms with Crippen molar-refractivity contribution in [3.05, 3.63) is 57.8 Å². The number of hydrogen-bond donors (Lipinski definition) is 1. The van der Waals surface area contributed by atoms with Crippen molar-refractivity contribution in [2.75, 3.05) is 6.54 Å². The van der Waals surface area contributed by atoms with Crippen LogP contribution >= 0.6 is 11.3 Å². The van der Waals surface area contributed by atoms with Crippen LogP contribution in [0.5, 0.6) is 0 Å². The fourth-order valence-corrected chi connectivity index (χ4v) is 3.88. The molecule has 1 aliphatic carbocycles. The third kappa shape index (κ3) is 2.60. The van der Waals surface area contributed by atoms with Gasteiger partial charge in [0.25, 0.3) is 0 Å². The molecule has 1 N–H and O–H groups in total. The molecule has 1 heterocycles. The lowest BCUT2D eigenvalue weighted by Gasteiger charge is -2.25. The largest absolute Gasteiger partial charge is 0.309 e. The molecular formula is C17H21NS. The molecule has 0 amide bonds. The third-order valence-corrected chi connectivity index (χ3v) is 4.80. The maximum atomic E-state index is 3.76. The van der Waals surface area contributed by atoms with Gasteiger partial charge in [-0.1, -0.05) is 31.2 Å². The van der Waals surface area contributed by atoms with Gasteiger partial charge in [0.1, 0.15) is 0 Å². The van der Waals surface area contributed by atoms with Gasteiger partial charge in [-0.15, -0.1) is 0 Å². The lowest BCUT2D eigenvalue weighted by molar-refractivity contribution is 0.443. The monoisotopic (exact) mass is 271 g/mol. The van der Waals surface area contributed by atoms with Crippen LogP contribution in [-0.4, -0.2) is 6.54 Å². The SMILES string of the molecule is CCCNC(c1ccsc1)C1CCc2ccccc21. The predicted molar refractivity (Wildman–Crippen MR) is 82.9 cm³/mol. The van der Waals surface area contributed by atoms with Crippen LogP contribution in [0.1, 0.15) is 48.4 Å². The van der Waals surface area contributed by atoms with E-state index >= 15 is 0 Å². The average molecular weight is 271 g/mol. The van der Waals surface area contributed by atoms with Crippen LogP contribution in [0.15, 0.2) is 41.1 Å². The van der Waals surface area contributed by atoms with Gasteiger partial charge in [-0.3, -0.25) is 0 Å². The second-order valence-corrected chi connectivity index (χ2v) is 6.11. The Labute approximate surface area is 119 Å². The topological polar surface area (TPSA) is 12.0 Å². The Morgan fingerprint density at radius 2 is 2.21 bits per heavy atom. The molecule has 0 saturated carbocycles. The highest BCUT2D eigenvalue weighted by molar-refractivity contribution is 7.07. The fourth-order valence-electron chi connectivity index (χ4n) is 3.18. The summed E-state index contributed by atoms with van der Waals surface area (Å²) in [6.45, 7) is 3.33. The number of thiophene rings is 1. The van der Waals surface area contributed by atoms with Gasteiger partial charge < -0.3 is 5.32 Å². The highest BCUT2D eigenvalue weighted by Gasteiger charge is 2.30. The molecular weight excluding hydrogens is 250 g/mol. The zero-order chi connectivity index (χ0) is 13.1. The molecule has 1 aliphatic rings. The van der Waals surface area contributed by atoms with Gasteiger partial charge >= 0.3 is 0 Å². The number of nitrogens with one attached hydrogen (secondary N) is 1. The first-order valence-electron chi connectivity index (χ1n) is 7.23. The summed E-state index contributed by atoms with van der Waals surface area (Å²) in [5.41, 5.74) is 4.56. The van der Waals surface area contributed by atoms with Gasteiger partial charge in [-0.05, 0) is 59.3 Å². The molecule has 0 fully saturated rings. The number of aryl methyl sites for hydroxylation is 1. The lowest BCUT2D eigenvalue weighted by atomic mass is 9.89. The molecule has 1 aromatic carbocycles. The summed E-state index contributed by atoms with van der Waals surface area (Å²) in [5.74, 6) is 0.636. The Kier molecular flexibility index (Phi) is 4.00. The van der Waals surface area contributed by atoms with Gasteiger partial charge in [-0.2, -0.15) is 11.3 Å². The lowest BCUT2D eigenvalue weighted by Crippen LogP contribution is -2.26. The molecule has 0 aliphatic heterocycles. The Bertz CT molecular complexity index is 518. The highest BCUT2D eigenvalue weighted by atomic mass is 32.1. The van der Waals surface area contributed by atoms with E-state index in [9.17, 15) is 0 Å². The number of benzene rings is 1. The Balaban J connectivity index is 1.89. The first-order valence-corrected chi connectivity index (χ1v) is 8.17. The summed E-state index contributed by atoms with van der Waals surface area (Å²) in [4.78, 5) is 0. The number of hydrogen-bond acceptors (Lipinski definition) is 2. The summed E-state index contributed by atoms with van der Waals surface area (Å²) < 4.78 is 0. The maximum Gasteiger partial charge on any atom is 0.0398 e. The van der Waals surface area contributed by atoms with E-state index in [0.717, 1.165) is 6.54 Å². The fraction of sp³-hybridized carbons (Fsp3) is 0.412. The molecule has 1 aromatic heterocycles. The minimum Gasteiger partial charge on any atom is -0.309 e. The van der Waals surface area contributed by atoms with Gasteiger partial charge in [0.2, 0.25) is 0 Å².